The lowest BCUT2D eigenvalue weighted by molar-refractivity contribution is 0.0747. The maximum Gasteiger partial charge on any atom is 0.253 e. The number of carbonyl (C=O) groups is 2. The van der Waals surface area contributed by atoms with Crippen LogP contribution >= 0.6 is 0 Å². The lowest BCUT2D eigenvalue weighted by Gasteiger charge is -2.36. The van der Waals surface area contributed by atoms with E-state index in [2.05, 4.69) is 10.2 Å². The zero-order valence-corrected chi connectivity index (χ0v) is 16.3. The van der Waals surface area contributed by atoms with Crippen molar-refractivity contribution in [3.8, 4) is 0 Å². The van der Waals surface area contributed by atoms with Crippen molar-refractivity contribution < 1.29 is 14.0 Å². The molecule has 148 valence electrons. The van der Waals surface area contributed by atoms with Crippen molar-refractivity contribution in [2.45, 2.75) is 13.8 Å². The van der Waals surface area contributed by atoms with Crippen molar-refractivity contribution in [1.82, 2.24) is 10.2 Å². The van der Waals surface area contributed by atoms with Crippen molar-refractivity contribution in [3.63, 3.8) is 0 Å². The molecule has 0 atom stereocenters. The number of rotatable bonds is 5. The molecule has 0 bridgehead atoms. The molecule has 6 heteroatoms. The minimum Gasteiger partial charge on any atom is -0.368 e. The van der Waals surface area contributed by atoms with E-state index < -0.39 is 0 Å². The quantitative estimate of drug-likeness (QED) is 0.863. The number of anilines is 1. The fourth-order valence-corrected chi connectivity index (χ4v) is 3.19. The van der Waals surface area contributed by atoms with Crippen LogP contribution in [0, 0.1) is 11.7 Å². The zero-order valence-electron chi connectivity index (χ0n) is 16.3. The molecule has 1 N–H and O–H groups in total. The maximum atomic E-state index is 13.1. The number of hydrogen-bond acceptors (Lipinski definition) is 3. The van der Waals surface area contributed by atoms with Gasteiger partial charge < -0.3 is 15.1 Å². The molecular weight excluding hydrogens is 357 g/mol. The average Bonchev–Trinajstić information content (AvgIpc) is 2.72. The number of amides is 2. The number of hydrogen-bond donors (Lipinski definition) is 1. The predicted octanol–water partition coefficient (Wildman–Crippen LogP) is 3.17. The molecule has 0 aromatic heterocycles. The van der Waals surface area contributed by atoms with Gasteiger partial charge in [0.1, 0.15) is 5.82 Å². The van der Waals surface area contributed by atoms with Gasteiger partial charge in [-0.05, 0) is 48.4 Å². The molecular formula is C22H26FN3O2. The van der Waals surface area contributed by atoms with E-state index in [9.17, 15) is 14.0 Å². The predicted molar refractivity (Wildman–Crippen MR) is 108 cm³/mol. The molecule has 1 saturated heterocycles. The second kappa shape index (κ2) is 8.87. The molecule has 5 nitrogen and oxygen atoms in total. The maximum absolute atomic E-state index is 13.1. The summed E-state index contributed by atoms with van der Waals surface area (Å²) in [5.74, 6) is -0.122. The number of nitrogens with zero attached hydrogens (tertiary/aromatic N) is 2. The lowest BCUT2D eigenvalue weighted by atomic mass is 10.1. The molecule has 1 heterocycles. The van der Waals surface area contributed by atoms with E-state index in [1.165, 1.54) is 12.1 Å². The Morgan fingerprint density at radius 2 is 1.64 bits per heavy atom. The molecule has 1 aliphatic rings. The SMILES string of the molecule is CC(C)CNC(=O)c1cccc(C(=O)N2CCN(c3ccc(F)cc3)CC2)c1. The van der Waals surface area contributed by atoms with Crippen LogP contribution in [0.4, 0.5) is 10.1 Å². The summed E-state index contributed by atoms with van der Waals surface area (Å²) in [5.41, 5.74) is 1.97. The van der Waals surface area contributed by atoms with Crippen LogP contribution in [0.2, 0.25) is 0 Å². The molecule has 0 spiro atoms. The minimum absolute atomic E-state index is 0.0720. The second-order valence-corrected chi connectivity index (χ2v) is 7.44. The Morgan fingerprint density at radius 3 is 2.29 bits per heavy atom. The van der Waals surface area contributed by atoms with Gasteiger partial charge in [-0.15, -0.1) is 0 Å². The van der Waals surface area contributed by atoms with E-state index in [1.54, 1.807) is 41.3 Å². The molecule has 0 aliphatic carbocycles. The fourth-order valence-electron chi connectivity index (χ4n) is 3.19. The first-order chi connectivity index (χ1) is 13.4. The number of nitrogens with one attached hydrogen (secondary N) is 1. The highest BCUT2D eigenvalue weighted by molar-refractivity contribution is 5.99. The number of benzene rings is 2. The van der Waals surface area contributed by atoms with Crippen LogP contribution in [-0.4, -0.2) is 49.4 Å². The largest absolute Gasteiger partial charge is 0.368 e. The summed E-state index contributed by atoms with van der Waals surface area (Å²) < 4.78 is 13.1. The summed E-state index contributed by atoms with van der Waals surface area (Å²) in [6.45, 7) is 7.21. The summed E-state index contributed by atoms with van der Waals surface area (Å²) in [6, 6.07) is 13.3. The van der Waals surface area contributed by atoms with Crippen LogP contribution in [0.15, 0.2) is 48.5 Å². The molecule has 2 amide bonds. The van der Waals surface area contributed by atoms with Crippen LogP contribution < -0.4 is 10.2 Å². The van der Waals surface area contributed by atoms with Gasteiger partial charge in [0, 0.05) is 49.5 Å². The smallest absolute Gasteiger partial charge is 0.253 e. The fraction of sp³-hybridized carbons (Fsp3) is 0.364. The second-order valence-electron chi connectivity index (χ2n) is 7.44. The van der Waals surface area contributed by atoms with Gasteiger partial charge in [-0.1, -0.05) is 19.9 Å². The third-order valence-corrected chi connectivity index (χ3v) is 4.80. The number of halogens is 1. The standard InChI is InChI=1S/C22H26FN3O2/c1-16(2)15-24-21(27)17-4-3-5-18(14-17)22(28)26-12-10-25(11-13-26)20-8-6-19(23)7-9-20/h3-9,14,16H,10-13,15H2,1-2H3,(H,24,27). The van der Waals surface area contributed by atoms with E-state index >= 15 is 0 Å². The lowest BCUT2D eigenvalue weighted by Crippen LogP contribution is -2.48. The van der Waals surface area contributed by atoms with Crippen molar-refractivity contribution in [1.29, 1.82) is 0 Å². The molecule has 1 fully saturated rings. The Bertz CT molecular complexity index is 828. The Labute approximate surface area is 165 Å². The van der Waals surface area contributed by atoms with E-state index in [0.29, 0.717) is 49.8 Å². The van der Waals surface area contributed by atoms with Crippen LogP contribution in [0.3, 0.4) is 0 Å². The van der Waals surface area contributed by atoms with Gasteiger partial charge in [0.05, 0.1) is 0 Å². The van der Waals surface area contributed by atoms with Gasteiger partial charge >= 0.3 is 0 Å². The summed E-state index contributed by atoms with van der Waals surface area (Å²) >= 11 is 0. The minimum atomic E-state index is -0.255. The van der Waals surface area contributed by atoms with Gasteiger partial charge in [-0.3, -0.25) is 9.59 Å². The first-order valence-corrected chi connectivity index (χ1v) is 9.62. The molecule has 0 saturated carbocycles. The first kappa shape index (κ1) is 19.9. The Hall–Kier alpha value is -2.89. The van der Waals surface area contributed by atoms with Crippen molar-refractivity contribution in [3.05, 3.63) is 65.5 Å². The Kier molecular flexibility index (Phi) is 6.29. The van der Waals surface area contributed by atoms with Gasteiger partial charge in [0.2, 0.25) is 0 Å². The molecule has 2 aromatic carbocycles. The third kappa shape index (κ3) is 4.88. The number of piperazine rings is 1. The highest BCUT2D eigenvalue weighted by Gasteiger charge is 2.23. The molecule has 1 aliphatic heterocycles. The molecule has 2 aromatic rings. The van der Waals surface area contributed by atoms with Crippen LogP contribution in [0.1, 0.15) is 34.6 Å². The Balaban J connectivity index is 1.61. The third-order valence-electron chi connectivity index (χ3n) is 4.80. The van der Waals surface area contributed by atoms with Crippen LogP contribution in [0.5, 0.6) is 0 Å². The topological polar surface area (TPSA) is 52.7 Å². The van der Waals surface area contributed by atoms with Crippen LogP contribution in [-0.2, 0) is 0 Å². The van der Waals surface area contributed by atoms with Crippen molar-refractivity contribution in [2.75, 3.05) is 37.6 Å². The van der Waals surface area contributed by atoms with Crippen molar-refractivity contribution >= 4 is 17.5 Å². The zero-order chi connectivity index (χ0) is 20.1. The van der Waals surface area contributed by atoms with E-state index in [4.69, 9.17) is 0 Å². The highest BCUT2D eigenvalue weighted by atomic mass is 19.1. The summed E-state index contributed by atoms with van der Waals surface area (Å²) in [7, 11) is 0. The van der Waals surface area contributed by atoms with Crippen LogP contribution in [0.25, 0.3) is 0 Å². The van der Waals surface area contributed by atoms with E-state index in [1.807, 2.05) is 13.8 Å². The normalized spacial score (nSPS) is 14.3. The van der Waals surface area contributed by atoms with E-state index in [0.717, 1.165) is 5.69 Å². The molecule has 0 radical (unpaired) electrons. The first-order valence-electron chi connectivity index (χ1n) is 9.62. The van der Waals surface area contributed by atoms with Crippen molar-refractivity contribution in [2.24, 2.45) is 5.92 Å². The monoisotopic (exact) mass is 383 g/mol. The van der Waals surface area contributed by atoms with Gasteiger partial charge in [-0.2, -0.15) is 0 Å². The Morgan fingerprint density at radius 1 is 1.00 bits per heavy atom. The highest BCUT2D eigenvalue weighted by Crippen LogP contribution is 2.18. The molecule has 3 rings (SSSR count). The van der Waals surface area contributed by atoms with E-state index in [-0.39, 0.29) is 17.6 Å². The molecule has 28 heavy (non-hydrogen) atoms. The van der Waals surface area contributed by atoms with Gasteiger partial charge in [0.25, 0.3) is 11.8 Å². The molecule has 0 unspecified atom stereocenters. The van der Waals surface area contributed by atoms with Gasteiger partial charge in [0.15, 0.2) is 0 Å². The summed E-state index contributed by atoms with van der Waals surface area (Å²) in [4.78, 5) is 29.0. The summed E-state index contributed by atoms with van der Waals surface area (Å²) in [5, 5.41) is 2.87. The number of carbonyl (C=O) groups excluding carboxylic acids is 2. The summed E-state index contributed by atoms with van der Waals surface area (Å²) in [6.07, 6.45) is 0. The van der Waals surface area contributed by atoms with Gasteiger partial charge in [-0.25, -0.2) is 4.39 Å². The average molecular weight is 383 g/mol.